The van der Waals surface area contributed by atoms with Gasteiger partial charge in [0.1, 0.15) is 18.5 Å². The molecule has 5 heteroatoms. The van der Waals surface area contributed by atoms with E-state index in [1.54, 1.807) is 0 Å². The van der Waals surface area contributed by atoms with Gasteiger partial charge in [0.25, 0.3) is 0 Å². The molecular formula is C14H22ClNO3. The highest BCUT2D eigenvalue weighted by Crippen LogP contribution is 2.26. The summed E-state index contributed by atoms with van der Waals surface area (Å²) in [5, 5.41) is 13.6. The molecule has 2 N–H and O–H groups in total. The first kappa shape index (κ1) is 16.2. The second-order valence-corrected chi connectivity index (χ2v) is 4.53. The van der Waals surface area contributed by atoms with Crippen molar-refractivity contribution < 1.29 is 14.6 Å². The highest BCUT2D eigenvalue weighted by molar-refractivity contribution is 6.31. The van der Waals surface area contributed by atoms with E-state index in [9.17, 15) is 5.11 Å². The van der Waals surface area contributed by atoms with E-state index in [2.05, 4.69) is 5.32 Å². The smallest absolute Gasteiger partial charge is 0.125 e. The topological polar surface area (TPSA) is 50.7 Å². The summed E-state index contributed by atoms with van der Waals surface area (Å²) in [7, 11) is 0. The lowest BCUT2D eigenvalue weighted by atomic mass is 10.2. The van der Waals surface area contributed by atoms with Gasteiger partial charge in [0, 0.05) is 23.7 Å². The predicted octanol–water partition coefficient (Wildman–Crippen LogP) is 2.23. The summed E-state index contributed by atoms with van der Waals surface area (Å²) >= 11 is 6.16. The number of rotatable bonds is 9. The zero-order valence-corrected chi connectivity index (χ0v) is 12.2. The van der Waals surface area contributed by atoms with Gasteiger partial charge >= 0.3 is 0 Å². The Labute approximate surface area is 119 Å². The Morgan fingerprint density at radius 1 is 1.32 bits per heavy atom. The molecule has 0 aliphatic heterocycles. The second-order valence-electron chi connectivity index (χ2n) is 4.12. The summed E-state index contributed by atoms with van der Waals surface area (Å²) < 4.78 is 10.8. The summed E-state index contributed by atoms with van der Waals surface area (Å²) in [6, 6.07) is 5.52. The summed E-state index contributed by atoms with van der Waals surface area (Å²) in [4.78, 5) is 0. The molecule has 1 rings (SSSR count). The van der Waals surface area contributed by atoms with Gasteiger partial charge < -0.3 is 19.9 Å². The molecule has 0 saturated heterocycles. The minimum Gasteiger partial charge on any atom is -0.490 e. The van der Waals surface area contributed by atoms with Crippen LogP contribution in [0, 0.1) is 0 Å². The Balaban J connectivity index is 2.58. The Bertz CT molecular complexity index is 374. The average Bonchev–Trinajstić information content (AvgIpc) is 2.41. The second kappa shape index (κ2) is 9.15. The largest absolute Gasteiger partial charge is 0.490 e. The zero-order valence-electron chi connectivity index (χ0n) is 11.5. The maximum Gasteiger partial charge on any atom is 0.125 e. The summed E-state index contributed by atoms with van der Waals surface area (Å²) in [6.45, 7) is 6.48. The van der Waals surface area contributed by atoms with Crippen molar-refractivity contribution in [2.24, 2.45) is 0 Å². The molecule has 0 spiro atoms. The van der Waals surface area contributed by atoms with Crippen LogP contribution in [-0.2, 0) is 11.3 Å². The highest BCUT2D eigenvalue weighted by atomic mass is 35.5. The number of hydrogen-bond acceptors (Lipinski definition) is 4. The van der Waals surface area contributed by atoms with Gasteiger partial charge in [-0.2, -0.15) is 0 Å². The van der Waals surface area contributed by atoms with E-state index in [0.717, 1.165) is 12.1 Å². The molecule has 0 fully saturated rings. The molecule has 0 saturated carbocycles. The molecule has 0 radical (unpaired) electrons. The first-order valence-electron chi connectivity index (χ1n) is 6.55. The lowest BCUT2D eigenvalue weighted by Crippen LogP contribution is -2.24. The molecule has 0 aliphatic rings. The Morgan fingerprint density at radius 3 is 2.79 bits per heavy atom. The zero-order chi connectivity index (χ0) is 14.1. The molecule has 0 bridgehead atoms. The third-order valence-corrected chi connectivity index (χ3v) is 2.93. The number of benzene rings is 1. The van der Waals surface area contributed by atoms with Crippen LogP contribution >= 0.6 is 11.6 Å². The first-order valence-corrected chi connectivity index (χ1v) is 6.93. The molecule has 1 aromatic carbocycles. The number of ether oxygens (including phenoxy) is 2. The Morgan fingerprint density at radius 2 is 2.11 bits per heavy atom. The predicted molar refractivity (Wildman–Crippen MR) is 76.8 cm³/mol. The van der Waals surface area contributed by atoms with Crippen LogP contribution in [0.5, 0.6) is 5.75 Å². The molecule has 0 aliphatic carbocycles. The standard InChI is InChI=1S/C14H22ClNO3/c1-3-16-8-12-13(15)6-5-7-14(12)19-10-11(17)9-18-4-2/h5-7,11,16-17H,3-4,8-10H2,1-2H3. The number of nitrogens with one attached hydrogen (secondary N) is 1. The fourth-order valence-corrected chi connectivity index (χ4v) is 1.82. The van der Waals surface area contributed by atoms with Crippen LogP contribution in [0.15, 0.2) is 18.2 Å². The monoisotopic (exact) mass is 287 g/mol. The van der Waals surface area contributed by atoms with Crippen molar-refractivity contribution >= 4 is 11.6 Å². The maximum atomic E-state index is 9.68. The average molecular weight is 288 g/mol. The summed E-state index contributed by atoms with van der Waals surface area (Å²) in [5.74, 6) is 0.698. The van der Waals surface area contributed by atoms with Crippen LogP contribution < -0.4 is 10.1 Å². The molecule has 0 amide bonds. The van der Waals surface area contributed by atoms with Gasteiger partial charge in [-0.15, -0.1) is 0 Å². The van der Waals surface area contributed by atoms with Gasteiger partial charge in [0.05, 0.1) is 6.61 Å². The van der Waals surface area contributed by atoms with E-state index < -0.39 is 6.10 Å². The fraction of sp³-hybridized carbons (Fsp3) is 0.571. The van der Waals surface area contributed by atoms with E-state index in [0.29, 0.717) is 23.9 Å². The van der Waals surface area contributed by atoms with Crippen molar-refractivity contribution in [3.05, 3.63) is 28.8 Å². The van der Waals surface area contributed by atoms with E-state index >= 15 is 0 Å². The quantitative estimate of drug-likeness (QED) is 0.731. The molecule has 1 atom stereocenters. The molecule has 108 valence electrons. The maximum absolute atomic E-state index is 9.68. The first-order chi connectivity index (χ1) is 9.19. The third-order valence-electron chi connectivity index (χ3n) is 2.57. The number of halogens is 1. The van der Waals surface area contributed by atoms with Crippen molar-refractivity contribution in [1.82, 2.24) is 5.32 Å². The van der Waals surface area contributed by atoms with Crippen molar-refractivity contribution in [2.45, 2.75) is 26.5 Å². The summed E-state index contributed by atoms with van der Waals surface area (Å²) in [5.41, 5.74) is 0.912. The third kappa shape index (κ3) is 5.78. The van der Waals surface area contributed by atoms with Gasteiger partial charge in [-0.25, -0.2) is 0 Å². The molecule has 0 heterocycles. The van der Waals surface area contributed by atoms with Gasteiger partial charge in [0.15, 0.2) is 0 Å². The van der Waals surface area contributed by atoms with E-state index in [-0.39, 0.29) is 13.2 Å². The number of hydrogen-bond donors (Lipinski definition) is 2. The minimum atomic E-state index is -0.633. The molecule has 4 nitrogen and oxygen atoms in total. The highest BCUT2D eigenvalue weighted by Gasteiger charge is 2.10. The van der Waals surface area contributed by atoms with Gasteiger partial charge in [-0.3, -0.25) is 0 Å². The molecule has 19 heavy (non-hydrogen) atoms. The Kier molecular flexibility index (Phi) is 7.82. The van der Waals surface area contributed by atoms with E-state index in [4.69, 9.17) is 21.1 Å². The lowest BCUT2D eigenvalue weighted by Gasteiger charge is -2.16. The minimum absolute atomic E-state index is 0.194. The van der Waals surface area contributed by atoms with Crippen LogP contribution in [0.25, 0.3) is 0 Å². The molecule has 1 aromatic rings. The summed E-state index contributed by atoms with van der Waals surface area (Å²) in [6.07, 6.45) is -0.633. The van der Waals surface area contributed by atoms with Gasteiger partial charge in [-0.1, -0.05) is 24.6 Å². The van der Waals surface area contributed by atoms with Crippen molar-refractivity contribution in [3.8, 4) is 5.75 Å². The van der Waals surface area contributed by atoms with Crippen molar-refractivity contribution in [2.75, 3.05) is 26.4 Å². The van der Waals surface area contributed by atoms with Crippen LogP contribution in [0.2, 0.25) is 5.02 Å². The number of aliphatic hydroxyl groups excluding tert-OH is 1. The molecule has 1 unspecified atom stereocenters. The fourth-order valence-electron chi connectivity index (χ4n) is 1.58. The van der Waals surface area contributed by atoms with Crippen LogP contribution in [0.4, 0.5) is 0 Å². The normalized spacial score (nSPS) is 12.4. The molecule has 0 aromatic heterocycles. The van der Waals surface area contributed by atoms with Crippen molar-refractivity contribution in [3.63, 3.8) is 0 Å². The van der Waals surface area contributed by atoms with Crippen LogP contribution in [-0.4, -0.2) is 37.6 Å². The van der Waals surface area contributed by atoms with E-state index in [1.807, 2.05) is 32.0 Å². The van der Waals surface area contributed by atoms with Crippen LogP contribution in [0.1, 0.15) is 19.4 Å². The van der Waals surface area contributed by atoms with Crippen LogP contribution in [0.3, 0.4) is 0 Å². The van der Waals surface area contributed by atoms with Gasteiger partial charge in [-0.05, 0) is 25.6 Å². The SMILES string of the molecule is CCNCc1c(Cl)cccc1OCC(O)COCC. The number of aliphatic hydroxyl groups is 1. The Hall–Kier alpha value is -0.810. The van der Waals surface area contributed by atoms with Gasteiger partial charge in [0.2, 0.25) is 0 Å². The van der Waals surface area contributed by atoms with E-state index in [1.165, 1.54) is 0 Å². The van der Waals surface area contributed by atoms with Crippen molar-refractivity contribution in [1.29, 1.82) is 0 Å². The lowest BCUT2D eigenvalue weighted by molar-refractivity contribution is 0.0162. The molecular weight excluding hydrogens is 266 g/mol.